The fourth-order valence-corrected chi connectivity index (χ4v) is 6.45. The van der Waals surface area contributed by atoms with Gasteiger partial charge in [-0.05, 0) is 73.2 Å². The third kappa shape index (κ3) is 13.7. The Hall–Kier alpha value is -5.16. The van der Waals surface area contributed by atoms with Crippen LogP contribution >= 0.6 is 0 Å². The third-order valence-electron chi connectivity index (χ3n) is 8.74. The molecule has 2 atom stereocenters. The van der Waals surface area contributed by atoms with Gasteiger partial charge in [-0.25, -0.2) is 9.00 Å². The average Bonchev–Trinajstić information content (AvgIpc) is 3.19. The summed E-state index contributed by atoms with van der Waals surface area (Å²) in [5.74, 6) is -1.16. The lowest BCUT2D eigenvalue weighted by Gasteiger charge is -2.19. The number of phenols is 1. The molecule has 288 valence electrons. The number of benzene rings is 4. The first-order chi connectivity index (χ1) is 26.3. The largest absolute Gasteiger partial charge is 0.508 e. The normalized spacial score (nSPS) is 12.0. The maximum atomic E-state index is 13.8. The van der Waals surface area contributed by atoms with E-state index in [1.807, 2.05) is 0 Å². The Labute approximate surface area is 320 Å². The molecule has 4 rings (SSSR count). The summed E-state index contributed by atoms with van der Waals surface area (Å²) in [7, 11) is 1.43. The van der Waals surface area contributed by atoms with Gasteiger partial charge >= 0.3 is 5.97 Å². The SMILES string of the molecule is CCCCCCCCCCCCCCOC(=O)c1ccc(OC)c(NC(=O)C(Oc2ccc(S(=O)Oc3ccc(O)cc3)cc2)C(=O)c2ccccc2)c1. The average molecular weight is 758 g/mol. The summed E-state index contributed by atoms with van der Waals surface area (Å²) in [6, 6.07) is 24.5. The van der Waals surface area contributed by atoms with Gasteiger partial charge in [0, 0.05) is 5.56 Å². The van der Waals surface area contributed by atoms with Crippen LogP contribution in [0.4, 0.5) is 5.69 Å². The van der Waals surface area contributed by atoms with Gasteiger partial charge in [-0.1, -0.05) is 108 Å². The summed E-state index contributed by atoms with van der Waals surface area (Å²) >= 11 is -1.89. The Balaban J connectivity index is 1.34. The number of phenolic OH excluding ortho intramolecular Hbond substituents is 1. The van der Waals surface area contributed by atoms with Gasteiger partial charge in [0.15, 0.2) is 0 Å². The highest BCUT2D eigenvalue weighted by Gasteiger charge is 2.31. The molecule has 0 saturated carbocycles. The molecule has 2 unspecified atom stereocenters. The number of hydrogen-bond donors (Lipinski definition) is 2. The molecule has 10 nitrogen and oxygen atoms in total. The monoisotopic (exact) mass is 757 g/mol. The Morgan fingerprint density at radius 2 is 1.30 bits per heavy atom. The Morgan fingerprint density at radius 1 is 0.704 bits per heavy atom. The van der Waals surface area contributed by atoms with Crippen molar-refractivity contribution in [2.45, 2.75) is 95.0 Å². The van der Waals surface area contributed by atoms with Gasteiger partial charge in [-0.2, -0.15) is 0 Å². The van der Waals surface area contributed by atoms with Crippen LogP contribution in [0.15, 0.2) is 102 Å². The molecule has 0 aliphatic heterocycles. The number of nitrogens with one attached hydrogen (secondary N) is 1. The first kappa shape index (κ1) is 41.6. The molecule has 0 aromatic heterocycles. The number of amides is 1. The molecule has 1 amide bonds. The van der Waals surface area contributed by atoms with Gasteiger partial charge in [0.1, 0.15) is 23.0 Å². The molecule has 0 radical (unpaired) electrons. The molecular formula is C43H51NO9S. The van der Waals surface area contributed by atoms with Crippen LogP contribution in [0.3, 0.4) is 0 Å². The molecule has 11 heteroatoms. The number of ketones is 1. The van der Waals surface area contributed by atoms with Crippen molar-refractivity contribution in [1.29, 1.82) is 0 Å². The highest BCUT2D eigenvalue weighted by atomic mass is 32.2. The van der Waals surface area contributed by atoms with E-state index < -0.39 is 34.8 Å². The molecule has 0 saturated heterocycles. The highest BCUT2D eigenvalue weighted by molar-refractivity contribution is 7.80. The van der Waals surface area contributed by atoms with Gasteiger partial charge in [0.05, 0.1) is 29.9 Å². The zero-order valence-corrected chi connectivity index (χ0v) is 31.9. The van der Waals surface area contributed by atoms with E-state index in [-0.39, 0.29) is 34.1 Å². The van der Waals surface area contributed by atoms with E-state index in [9.17, 15) is 23.7 Å². The summed E-state index contributed by atoms with van der Waals surface area (Å²) in [6.45, 7) is 2.53. The van der Waals surface area contributed by atoms with E-state index >= 15 is 0 Å². The number of Topliss-reactive ketones (excluding diaryl/α,β-unsaturated/α-hetero) is 1. The quantitative estimate of drug-likeness (QED) is 0.0310. The van der Waals surface area contributed by atoms with Crippen molar-refractivity contribution in [2.24, 2.45) is 0 Å². The summed E-state index contributed by atoms with van der Waals surface area (Å²) in [5.41, 5.74) is 0.628. The molecule has 0 fully saturated rings. The molecule has 54 heavy (non-hydrogen) atoms. The van der Waals surface area contributed by atoms with Crippen molar-refractivity contribution in [1.82, 2.24) is 0 Å². The first-order valence-corrected chi connectivity index (χ1v) is 19.8. The van der Waals surface area contributed by atoms with Crippen LogP contribution in [-0.4, -0.2) is 46.8 Å². The van der Waals surface area contributed by atoms with Crippen LogP contribution in [-0.2, 0) is 20.6 Å². The maximum Gasteiger partial charge on any atom is 0.338 e. The van der Waals surface area contributed by atoms with Gasteiger partial charge in [0.2, 0.25) is 23.0 Å². The topological polar surface area (TPSA) is 137 Å². The van der Waals surface area contributed by atoms with Crippen molar-refractivity contribution in [3.63, 3.8) is 0 Å². The molecule has 0 spiro atoms. The molecule has 0 aliphatic rings. The summed E-state index contributed by atoms with van der Waals surface area (Å²) in [5, 5.41) is 12.2. The van der Waals surface area contributed by atoms with E-state index in [1.165, 1.54) is 119 Å². The first-order valence-electron chi connectivity index (χ1n) is 18.7. The van der Waals surface area contributed by atoms with E-state index in [0.717, 1.165) is 19.3 Å². The standard InChI is InChI=1S/C43H51NO9S/c1-3-4-5-6-7-8-9-10-11-12-13-17-30-51-43(48)33-20-29-39(50-2)38(31-33)44-42(47)41(40(46)32-18-15-14-16-19-32)52-35-25-27-37(28-26-35)54(49)53-36-23-21-34(45)22-24-36/h14-16,18-29,31,41,45H,3-13,17,30H2,1-2H3,(H,44,47). The van der Waals surface area contributed by atoms with Gasteiger partial charge < -0.3 is 28.8 Å². The number of rotatable bonds is 24. The number of esters is 1. The minimum absolute atomic E-state index is 0.0483. The van der Waals surface area contributed by atoms with Crippen molar-refractivity contribution >= 4 is 34.4 Å². The van der Waals surface area contributed by atoms with Crippen LogP contribution in [0.1, 0.15) is 105 Å². The van der Waals surface area contributed by atoms with Crippen molar-refractivity contribution < 1.29 is 42.1 Å². The predicted octanol–water partition coefficient (Wildman–Crippen LogP) is 9.63. The minimum Gasteiger partial charge on any atom is -0.508 e. The fraction of sp³-hybridized carbons (Fsp3) is 0.372. The lowest BCUT2D eigenvalue weighted by Crippen LogP contribution is -2.40. The van der Waals surface area contributed by atoms with Gasteiger partial charge in [0.25, 0.3) is 5.91 Å². The lowest BCUT2D eigenvalue weighted by atomic mass is 10.1. The van der Waals surface area contributed by atoms with E-state index in [1.54, 1.807) is 42.5 Å². The number of unbranched alkanes of at least 4 members (excludes halogenated alkanes) is 11. The number of carbonyl (C=O) groups excluding carboxylic acids is 3. The summed E-state index contributed by atoms with van der Waals surface area (Å²) in [6.07, 6.45) is 12.9. The summed E-state index contributed by atoms with van der Waals surface area (Å²) < 4.78 is 35.1. The number of aromatic hydroxyl groups is 1. The lowest BCUT2D eigenvalue weighted by molar-refractivity contribution is -0.120. The van der Waals surface area contributed by atoms with Crippen LogP contribution in [0, 0.1) is 0 Å². The number of ether oxygens (including phenoxy) is 3. The molecule has 0 aliphatic carbocycles. The maximum absolute atomic E-state index is 13.8. The summed E-state index contributed by atoms with van der Waals surface area (Å²) in [4.78, 5) is 40.7. The van der Waals surface area contributed by atoms with Crippen molar-refractivity contribution in [3.05, 3.63) is 108 Å². The second-order valence-electron chi connectivity index (χ2n) is 12.9. The van der Waals surface area contributed by atoms with Crippen molar-refractivity contribution in [2.75, 3.05) is 19.0 Å². The minimum atomic E-state index is -1.89. The Bertz CT molecular complexity index is 1780. The fourth-order valence-electron chi connectivity index (χ4n) is 5.70. The smallest absolute Gasteiger partial charge is 0.338 e. The second kappa shape index (κ2) is 22.8. The molecule has 0 heterocycles. The third-order valence-corrected chi connectivity index (χ3v) is 9.74. The number of anilines is 1. The molecule has 2 N–H and O–H groups in total. The molecule has 4 aromatic carbocycles. The van der Waals surface area contributed by atoms with E-state index in [0.29, 0.717) is 17.3 Å². The van der Waals surface area contributed by atoms with Gasteiger partial charge in [-0.15, -0.1) is 0 Å². The highest BCUT2D eigenvalue weighted by Crippen LogP contribution is 2.28. The zero-order valence-electron chi connectivity index (χ0n) is 31.1. The van der Waals surface area contributed by atoms with E-state index in [4.69, 9.17) is 18.4 Å². The van der Waals surface area contributed by atoms with Crippen LogP contribution in [0.5, 0.6) is 23.0 Å². The van der Waals surface area contributed by atoms with E-state index in [2.05, 4.69) is 12.2 Å². The van der Waals surface area contributed by atoms with Crippen LogP contribution in [0.2, 0.25) is 0 Å². The number of methoxy groups -OCH3 is 1. The van der Waals surface area contributed by atoms with Gasteiger partial charge in [-0.3, -0.25) is 9.59 Å². The number of hydrogen-bond acceptors (Lipinski definition) is 9. The zero-order chi connectivity index (χ0) is 38.5. The Morgan fingerprint density at radius 3 is 1.91 bits per heavy atom. The Kier molecular flexibility index (Phi) is 17.6. The second-order valence-corrected chi connectivity index (χ2v) is 14.0. The van der Waals surface area contributed by atoms with Crippen LogP contribution in [0.25, 0.3) is 0 Å². The molecule has 4 aromatic rings. The van der Waals surface area contributed by atoms with Crippen LogP contribution < -0.4 is 19.0 Å². The van der Waals surface area contributed by atoms with Crippen molar-refractivity contribution in [3.8, 4) is 23.0 Å². The molecule has 0 bridgehead atoms. The molecular weight excluding hydrogens is 707 g/mol. The number of carbonyl (C=O) groups is 3. The predicted molar refractivity (Wildman–Crippen MR) is 210 cm³/mol.